The van der Waals surface area contributed by atoms with Gasteiger partial charge in [0.05, 0.1) is 11.9 Å². The highest BCUT2D eigenvalue weighted by Gasteiger charge is 2.08. The molecule has 2 amide bonds. The summed E-state index contributed by atoms with van der Waals surface area (Å²) in [5.74, 6) is -1.07. The average molecular weight is 215 g/mol. The monoisotopic (exact) mass is 215 g/mol. The van der Waals surface area contributed by atoms with Crippen molar-refractivity contribution in [1.82, 2.24) is 4.98 Å². The first-order chi connectivity index (χ1) is 6.99. The summed E-state index contributed by atoms with van der Waals surface area (Å²) >= 11 is 0. The molecule has 0 aliphatic carbocycles. The fraction of sp³-hybridized carbons (Fsp3) is 0. The zero-order valence-electron chi connectivity index (χ0n) is 7.19. The van der Waals surface area contributed by atoms with Gasteiger partial charge in [-0.15, -0.1) is 0 Å². The molecule has 0 aliphatic heterocycles. The Morgan fingerprint density at radius 3 is 2.40 bits per heavy atom. The second-order valence-corrected chi connectivity index (χ2v) is 2.41. The van der Waals surface area contributed by atoms with Crippen LogP contribution in [0.25, 0.3) is 0 Å². The Balaban J connectivity index is 2.94. The van der Waals surface area contributed by atoms with Crippen LogP contribution in [0.15, 0.2) is 12.3 Å². The Labute approximate surface area is 82.6 Å². The van der Waals surface area contributed by atoms with Crippen LogP contribution in [0.3, 0.4) is 0 Å². The quantitative estimate of drug-likeness (QED) is 0.595. The van der Waals surface area contributed by atoms with Gasteiger partial charge in [0.2, 0.25) is 0 Å². The molecule has 0 unspecified atom stereocenters. The lowest BCUT2D eigenvalue weighted by Gasteiger charge is -2.04. The standard InChI is InChI=1S/C7H6FN3O4/c8-3-2-9-5(11-7(14)15)1-4(3)10-6(12)13/h1-2H,(H,12,13)(H,14,15)(H2,9,10,11). The Morgan fingerprint density at radius 2 is 1.87 bits per heavy atom. The first-order valence-electron chi connectivity index (χ1n) is 3.64. The smallest absolute Gasteiger partial charge is 0.410 e. The predicted octanol–water partition coefficient (Wildman–Crippen LogP) is 1.40. The lowest BCUT2D eigenvalue weighted by molar-refractivity contribution is 0.208. The number of anilines is 2. The van der Waals surface area contributed by atoms with Gasteiger partial charge >= 0.3 is 12.2 Å². The minimum absolute atomic E-state index is 0.173. The number of carbonyl (C=O) groups is 2. The lowest BCUT2D eigenvalue weighted by Crippen LogP contribution is -2.12. The van der Waals surface area contributed by atoms with Gasteiger partial charge in [0.25, 0.3) is 0 Å². The summed E-state index contributed by atoms with van der Waals surface area (Å²) in [6.45, 7) is 0. The number of rotatable bonds is 2. The molecule has 8 heteroatoms. The van der Waals surface area contributed by atoms with Crippen LogP contribution in [-0.4, -0.2) is 27.4 Å². The molecule has 1 heterocycles. The van der Waals surface area contributed by atoms with E-state index in [1.807, 2.05) is 5.32 Å². The molecule has 0 spiro atoms. The van der Waals surface area contributed by atoms with Crippen molar-refractivity contribution >= 4 is 23.7 Å². The normalized spacial score (nSPS) is 9.40. The molecule has 0 saturated heterocycles. The van der Waals surface area contributed by atoms with Crippen LogP contribution in [0.2, 0.25) is 0 Å². The highest BCUT2D eigenvalue weighted by molar-refractivity contribution is 5.86. The molecular formula is C7H6FN3O4. The first kappa shape index (κ1) is 10.7. The average Bonchev–Trinajstić information content (AvgIpc) is 2.09. The van der Waals surface area contributed by atoms with Gasteiger partial charge in [-0.2, -0.15) is 0 Å². The number of pyridine rings is 1. The Hall–Kier alpha value is -2.38. The van der Waals surface area contributed by atoms with Crippen LogP contribution in [0.1, 0.15) is 0 Å². The molecule has 0 fully saturated rings. The van der Waals surface area contributed by atoms with Crippen LogP contribution < -0.4 is 10.6 Å². The maximum absolute atomic E-state index is 12.9. The summed E-state index contributed by atoms with van der Waals surface area (Å²) in [5, 5.41) is 20.3. The fourth-order valence-electron chi connectivity index (χ4n) is 0.828. The zero-order chi connectivity index (χ0) is 11.4. The number of aromatic nitrogens is 1. The van der Waals surface area contributed by atoms with Gasteiger partial charge in [-0.3, -0.25) is 10.6 Å². The van der Waals surface area contributed by atoms with E-state index < -0.39 is 18.0 Å². The van der Waals surface area contributed by atoms with Crippen molar-refractivity contribution in [2.24, 2.45) is 0 Å². The Kier molecular flexibility index (Phi) is 3.01. The van der Waals surface area contributed by atoms with Gasteiger partial charge in [0.15, 0.2) is 5.82 Å². The molecule has 1 rings (SSSR count). The zero-order valence-corrected chi connectivity index (χ0v) is 7.19. The molecule has 1 aromatic rings. The largest absolute Gasteiger partial charge is 0.465 e. The van der Waals surface area contributed by atoms with Crippen molar-refractivity contribution in [3.05, 3.63) is 18.1 Å². The Bertz CT molecular complexity index is 409. The molecule has 7 nitrogen and oxygen atoms in total. The summed E-state index contributed by atoms with van der Waals surface area (Å²) in [7, 11) is 0. The second-order valence-electron chi connectivity index (χ2n) is 2.41. The van der Waals surface area contributed by atoms with E-state index in [9.17, 15) is 14.0 Å². The molecule has 1 aromatic heterocycles. The van der Waals surface area contributed by atoms with Crippen molar-refractivity contribution in [3.63, 3.8) is 0 Å². The summed E-state index contributed by atoms with van der Waals surface area (Å²) in [6, 6.07) is 0.928. The third kappa shape index (κ3) is 3.10. The molecule has 0 atom stereocenters. The molecule has 0 bridgehead atoms. The summed E-state index contributed by atoms with van der Waals surface area (Å²) < 4.78 is 12.9. The van der Waals surface area contributed by atoms with E-state index in [0.717, 1.165) is 6.07 Å². The van der Waals surface area contributed by atoms with Gasteiger partial charge in [0, 0.05) is 6.07 Å². The molecule has 0 aromatic carbocycles. The number of halogens is 1. The third-order valence-electron chi connectivity index (χ3n) is 1.33. The van der Waals surface area contributed by atoms with E-state index in [-0.39, 0.29) is 11.5 Å². The summed E-state index contributed by atoms with van der Waals surface area (Å²) in [6.07, 6.45) is -2.13. The van der Waals surface area contributed by atoms with Crippen LogP contribution in [-0.2, 0) is 0 Å². The van der Waals surface area contributed by atoms with Crippen LogP contribution in [0, 0.1) is 5.82 Å². The number of hydrogen-bond donors (Lipinski definition) is 4. The molecule has 0 radical (unpaired) electrons. The summed E-state index contributed by atoms with van der Waals surface area (Å²) in [4.78, 5) is 23.8. The van der Waals surface area contributed by atoms with Gasteiger partial charge in [0.1, 0.15) is 5.82 Å². The number of nitrogens with zero attached hydrogens (tertiary/aromatic N) is 1. The van der Waals surface area contributed by atoms with Crippen molar-refractivity contribution in [1.29, 1.82) is 0 Å². The maximum atomic E-state index is 12.9. The number of amides is 2. The van der Waals surface area contributed by atoms with E-state index >= 15 is 0 Å². The minimum atomic E-state index is -1.46. The van der Waals surface area contributed by atoms with Gasteiger partial charge < -0.3 is 10.2 Å². The third-order valence-corrected chi connectivity index (χ3v) is 1.33. The first-order valence-corrected chi connectivity index (χ1v) is 3.64. The minimum Gasteiger partial charge on any atom is -0.465 e. The van der Waals surface area contributed by atoms with E-state index in [1.54, 1.807) is 5.32 Å². The summed E-state index contributed by atoms with van der Waals surface area (Å²) in [5.41, 5.74) is -0.374. The van der Waals surface area contributed by atoms with Gasteiger partial charge in [-0.1, -0.05) is 0 Å². The predicted molar refractivity (Wildman–Crippen MR) is 47.5 cm³/mol. The van der Waals surface area contributed by atoms with Gasteiger partial charge in [-0.05, 0) is 0 Å². The Morgan fingerprint density at radius 1 is 1.27 bits per heavy atom. The van der Waals surface area contributed by atoms with Crippen molar-refractivity contribution in [3.8, 4) is 0 Å². The van der Waals surface area contributed by atoms with Crippen LogP contribution in [0.5, 0.6) is 0 Å². The molecule has 4 N–H and O–H groups in total. The van der Waals surface area contributed by atoms with Crippen molar-refractivity contribution in [2.75, 3.05) is 10.6 Å². The second kappa shape index (κ2) is 4.22. The molecule has 0 saturated carbocycles. The van der Waals surface area contributed by atoms with Crippen LogP contribution in [0.4, 0.5) is 25.5 Å². The molecule has 0 aliphatic rings. The highest BCUT2D eigenvalue weighted by atomic mass is 19.1. The molecule has 80 valence electrons. The van der Waals surface area contributed by atoms with E-state index in [1.165, 1.54) is 0 Å². The van der Waals surface area contributed by atoms with Crippen LogP contribution >= 0.6 is 0 Å². The van der Waals surface area contributed by atoms with E-state index in [0.29, 0.717) is 6.20 Å². The maximum Gasteiger partial charge on any atom is 0.410 e. The topological polar surface area (TPSA) is 112 Å². The van der Waals surface area contributed by atoms with Crippen molar-refractivity contribution in [2.45, 2.75) is 0 Å². The number of nitrogens with one attached hydrogen (secondary N) is 2. The van der Waals surface area contributed by atoms with E-state index in [2.05, 4.69) is 4.98 Å². The molecule has 15 heavy (non-hydrogen) atoms. The van der Waals surface area contributed by atoms with Gasteiger partial charge in [-0.25, -0.2) is 19.0 Å². The SMILES string of the molecule is O=C(O)Nc1cc(NC(=O)O)c(F)cn1. The molecular weight excluding hydrogens is 209 g/mol. The number of hydrogen-bond acceptors (Lipinski definition) is 3. The van der Waals surface area contributed by atoms with E-state index in [4.69, 9.17) is 10.2 Å². The van der Waals surface area contributed by atoms with Crippen molar-refractivity contribution < 1.29 is 24.2 Å². The lowest BCUT2D eigenvalue weighted by atomic mass is 10.3. The number of carboxylic acid groups (broad SMARTS) is 2. The fourth-order valence-corrected chi connectivity index (χ4v) is 0.828. The highest BCUT2D eigenvalue weighted by Crippen LogP contribution is 2.16.